The normalized spacial score (nSPS) is 18.5. The van der Waals surface area contributed by atoms with Crippen molar-refractivity contribution in [3.8, 4) is 0 Å². The minimum absolute atomic E-state index is 0.284. The van der Waals surface area contributed by atoms with E-state index in [-0.39, 0.29) is 11.1 Å². The minimum Gasteiger partial charge on any atom is -0.259 e. The molecule has 0 bridgehead atoms. The third-order valence-electron chi connectivity index (χ3n) is 4.30. The lowest BCUT2D eigenvalue weighted by Crippen LogP contribution is -2.07. The molecule has 0 radical (unpaired) electrons. The second-order valence-corrected chi connectivity index (χ2v) is 8.49. The number of nitrogens with zero attached hydrogens (tertiary/aromatic N) is 1. The molecule has 3 rings (SSSR count). The van der Waals surface area contributed by atoms with Gasteiger partial charge in [0.15, 0.2) is 0 Å². The van der Waals surface area contributed by atoms with E-state index in [0.29, 0.717) is 17.2 Å². The van der Waals surface area contributed by atoms with E-state index in [4.69, 9.17) is 0 Å². The quantitative estimate of drug-likeness (QED) is 0.772. The summed E-state index contributed by atoms with van der Waals surface area (Å²) in [5.41, 5.74) is 1.40. The van der Waals surface area contributed by atoms with Gasteiger partial charge in [0.05, 0.1) is 21.7 Å². The summed E-state index contributed by atoms with van der Waals surface area (Å²) in [7, 11) is -1.16. The summed E-state index contributed by atoms with van der Waals surface area (Å²) >= 11 is 1.68. The first kappa shape index (κ1) is 15.8. The Labute approximate surface area is 137 Å². The topological polar surface area (TPSA) is 30.0 Å². The summed E-state index contributed by atoms with van der Waals surface area (Å²) in [5, 5.41) is 2.88. The van der Waals surface area contributed by atoms with Gasteiger partial charge >= 0.3 is 0 Å². The second-order valence-electron chi connectivity index (χ2n) is 5.85. The highest BCUT2D eigenvalue weighted by Crippen LogP contribution is 2.36. The zero-order chi connectivity index (χ0) is 15.5. The van der Waals surface area contributed by atoms with E-state index in [0.717, 1.165) is 5.69 Å². The second kappa shape index (κ2) is 7.01. The standard InChI is InChI=1S/C17H20FNOS2/c1-12(15-8-4-5-9-16(15)18)22(20)11-14-10-21-17(19-14)13-6-2-3-7-13/h4-5,8-10,12-13H,2-3,6-7,11H2,1H3/t12-,22+/m1/s1. The van der Waals surface area contributed by atoms with Gasteiger partial charge in [0.25, 0.3) is 0 Å². The van der Waals surface area contributed by atoms with E-state index >= 15 is 0 Å². The maximum atomic E-state index is 13.8. The van der Waals surface area contributed by atoms with E-state index in [1.807, 2.05) is 12.3 Å². The third kappa shape index (κ3) is 3.46. The van der Waals surface area contributed by atoms with Crippen molar-refractivity contribution in [1.82, 2.24) is 4.98 Å². The Balaban J connectivity index is 1.67. The number of hydrogen-bond donors (Lipinski definition) is 0. The van der Waals surface area contributed by atoms with E-state index < -0.39 is 10.8 Å². The molecule has 0 aliphatic heterocycles. The highest BCUT2D eigenvalue weighted by molar-refractivity contribution is 7.84. The van der Waals surface area contributed by atoms with Crippen LogP contribution in [0.2, 0.25) is 0 Å². The average Bonchev–Trinajstić information content (AvgIpc) is 3.17. The van der Waals surface area contributed by atoms with Gasteiger partial charge in [-0.05, 0) is 25.8 Å². The Bertz CT molecular complexity index is 664. The molecule has 22 heavy (non-hydrogen) atoms. The molecule has 0 N–H and O–H groups in total. The van der Waals surface area contributed by atoms with Crippen molar-refractivity contribution in [3.63, 3.8) is 0 Å². The zero-order valence-corrected chi connectivity index (χ0v) is 14.3. The van der Waals surface area contributed by atoms with Gasteiger partial charge < -0.3 is 0 Å². The predicted molar refractivity (Wildman–Crippen MR) is 90.0 cm³/mol. The fourth-order valence-electron chi connectivity index (χ4n) is 2.97. The summed E-state index contributed by atoms with van der Waals surface area (Å²) in [6, 6.07) is 6.57. The van der Waals surface area contributed by atoms with Crippen molar-refractivity contribution in [2.75, 3.05) is 0 Å². The number of aromatic nitrogens is 1. The van der Waals surface area contributed by atoms with Crippen LogP contribution in [0, 0.1) is 5.82 Å². The highest BCUT2D eigenvalue weighted by Gasteiger charge is 2.22. The Hall–Kier alpha value is -1.07. The lowest BCUT2D eigenvalue weighted by molar-refractivity contribution is 0.606. The molecule has 1 aliphatic rings. The molecule has 5 heteroatoms. The molecule has 2 aromatic rings. The van der Waals surface area contributed by atoms with Crippen LogP contribution in [0.15, 0.2) is 29.6 Å². The Morgan fingerprint density at radius 2 is 2.09 bits per heavy atom. The summed E-state index contributed by atoms with van der Waals surface area (Å²) in [6.07, 6.45) is 5.02. The molecule has 0 unspecified atom stereocenters. The molecule has 1 saturated carbocycles. The van der Waals surface area contributed by atoms with Gasteiger partial charge in [0.1, 0.15) is 5.82 Å². The van der Waals surface area contributed by atoms with Gasteiger partial charge in [0, 0.05) is 27.7 Å². The average molecular weight is 337 g/mol. The predicted octanol–water partition coefficient (Wildman–Crippen LogP) is 4.95. The maximum Gasteiger partial charge on any atom is 0.127 e. The van der Waals surface area contributed by atoms with Gasteiger partial charge in [0.2, 0.25) is 0 Å². The molecule has 1 heterocycles. The summed E-state index contributed by atoms with van der Waals surface area (Å²) < 4.78 is 26.3. The number of thiazole rings is 1. The lowest BCUT2D eigenvalue weighted by atomic mass is 10.1. The van der Waals surface area contributed by atoms with Crippen LogP contribution in [0.4, 0.5) is 4.39 Å². The number of hydrogen-bond acceptors (Lipinski definition) is 3. The van der Waals surface area contributed by atoms with Gasteiger partial charge in [-0.25, -0.2) is 9.37 Å². The van der Waals surface area contributed by atoms with Crippen molar-refractivity contribution in [2.24, 2.45) is 0 Å². The first-order valence-corrected chi connectivity index (χ1v) is 9.97. The van der Waals surface area contributed by atoms with Gasteiger partial charge in [-0.15, -0.1) is 11.3 Å². The molecular weight excluding hydrogens is 317 g/mol. The summed E-state index contributed by atoms with van der Waals surface area (Å²) in [5.74, 6) is 0.711. The molecule has 118 valence electrons. The molecule has 0 saturated heterocycles. The van der Waals surface area contributed by atoms with E-state index in [9.17, 15) is 8.60 Å². The maximum absolute atomic E-state index is 13.8. The van der Waals surface area contributed by atoms with Crippen LogP contribution in [0.25, 0.3) is 0 Å². The molecule has 1 aromatic carbocycles. The molecule has 0 spiro atoms. The number of halogens is 1. The van der Waals surface area contributed by atoms with Crippen molar-refractivity contribution in [1.29, 1.82) is 0 Å². The Morgan fingerprint density at radius 3 is 2.82 bits per heavy atom. The van der Waals surface area contributed by atoms with Crippen LogP contribution in [0.3, 0.4) is 0 Å². The van der Waals surface area contributed by atoms with Gasteiger partial charge in [-0.3, -0.25) is 4.21 Å². The lowest BCUT2D eigenvalue weighted by Gasteiger charge is -2.12. The number of benzene rings is 1. The molecule has 1 fully saturated rings. The summed E-state index contributed by atoms with van der Waals surface area (Å²) in [6.45, 7) is 1.82. The van der Waals surface area contributed by atoms with E-state index in [1.165, 1.54) is 36.8 Å². The van der Waals surface area contributed by atoms with E-state index in [1.54, 1.807) is 29.5 Å². The molecule has 0 amide bonds. The van der Waals surface area contributed by atoms with Crippen LogP contribution in [0.1, 0.15) is 60.0 Å². The molecule has 2 atom stereocenters. The largest absolute Gasteiger partial charge is 0.259 e. The van der Waals surface area contributed by atoms with Crippen molar-refractivity contribution in [3.05, 3.63) is 51.7 Å². The Kier molecular flexibility index (Phi) is 5.03. The first-order chi connectivity index (χ1) is 10.6. The van der Waals surface area contributed by atoms with Crippen molar-refractivity contribution < 1.29 is 8.60 Å². The molecular formula is C17H20FNOS2. The van der Waals surface area contributed by atoms with Gasteiger partial charge in [-0.2, -0.15) is 0 Å². The highest BCUT2D eigenvalue weighted by atomic mass is 32.2. The van der Waals surface area contributed by atoms with Crippen LogP contribution in [0.5, 0.6) is 0 Å². The van der Waals surface area contributed by atoms with Crippen LogP contribution >= 0.6 is 11.3 Å². The monoisotopic (exact) mass is 337 g/mol. The third-order valence-corrected chi connectivity index (χ3v) is 6.98. The van der Waals surface area contributed by atoms with Crippen molar-refractivity contribution in [2.45, 2.75) is 49.5 Å². The fourth-order valence-corrected chi connectivity index (χ4v) is 5.23. The number of rotatable bonds is 5. The first-order valence-electron chi connectivity index (χ1n) is 7.71. The molecule has 1 aromatic heterocycles. The van der Waals surface area contributed by atoms with Crippen molar-refractivity contribution >= 4 is 22.1 Å². The summed E-state index contributed by atoms with van der Waals surface area (Å²) in [4.78, 5) is 4.66. The SMILES string of the molecule is C[C@H](c1ccccc1F)[S@@](=O)Cc1csc(C2CCCC2)n1. The Morgan fingerprint density at radius 1 is 1.36 bits per heavy atom. The fraction of sp³-hybridized carbons (Fsp3) is 0.471. The van der Waals surface area contributed by atoms with Crippen LogP contribution in [-0.4, -0.2) is 9.19 Å². The molecule has 2 nitrogen and oxygen atoms in total. The molecule has 1 aliphatic carbocycles. The van der Waals surface area contributed by atoms with Crippen LogP contribution in [-0.2, 0) is 16.6 Å². The zero-order valence-electron chi connectivity index (χ0n) is 12.6. The van der Waals surface area contributed by atoms with Gasteiger partial charge in [-0.1, -0.05) is 31.0 Å². The minimum atomic E-state index is -1.16. The smallest absolute Gasteiger partial charge is 0.127 e. The van der Waals surface area contributed by atoms with E-state index in [2.05, 4.69) is 4.98 Å². The van der Waals surface area contributed by atoms with Crippen LogP contribution < -0.4 is 0 Å².